The molecule has 0 unspecified atom stereocenters. The third-order valence-corrected chi connectivity index (χ3v) is 5.56. The van der Waals surface area contributed by atoms with Crippen LogP contribution in [-0.2, 0) is 24.7 Å². The summed E-state index contributed by atoms with van der Waals surface area (Å²) in [7, 11) is 3.52. The molecule has 0 radical (unpaired) electrons. The molecule has 1 N–H and O–H groups in total. The maximum atomic E-state index is 12.3. The number of thiazole rings is 1. The molecule has 0 bridgehead atoms. The summed E-state index contributed by atoms with van der Waals surface area (Å²) in [5, 5.41) is 7.73. The topological polar surface area (TPSA) is 78.3 Å². The molecule has 3 aromatic rings. The molecule has 0 saturated carbocycles. The summed E-state index contributed by atoms with van der Waals surface area (Å²) in [5.74, 6) is 0.892. The van der Waals surface area contributed by atoms with E-state index in [4.69, 9.17) is 9.47 Å². The van der Waals surface area contributed by atoms with E-state index in [0.29, 0.717) is 16.6 Å². The summed E-state index contributed by atoms with van der Waals surface area (Å²) < 4.78 is 12.8. The lowest BCUT2D eigenvalue weighted by atomic mass is 10.0. The fraction of sp³-hybridized carbons (Fsp3) is 0.316. The monoisotopic (exact) mass is 384 g/mol. The average molecular weight is 384 g/mol. The van der Waals surface area contributed by atoms with Gasteiger partial charge in [0.15, 0.2) is 23.2 Å². The van der Waals surface area contributed by atoms with Gasteiger partial charge in [-0.3, -0.25) is 14.8 Å². The van der Waals surface area contributed by atoms with E-state index >= 15 is 0 Å². The van der Waals surface area contributed by atoms with Crippen LogP contribution in [0.25, 0.3) is 11.3 Å². The van der Waals surface area contributed by atoms with Crippen molar-refractivity contribution in [3.63, 3.8) is 0 Å². The molecule has 2 aromatic heterocycles. The van der Waals surface area contributed by atoms with E-state index in [2.05, 4.69) is 15.4 Å². The molecule has 8 heteroatoms. The molecule has 0 aliphatic heterocycles. The minimum atomic E-state index is -0.255. The predicted octanol–water partition coefficient (Wildman–Crippen LogP) is 2.98. The molecule has 1 aliphatic carbocycles. The second kappa shape index (κ2) is 7.03. The summed E-state index contributed by atoms with van der Waals surface area (Å²) in [6, 6.07) is 5.58. The lowest BCUT2D eigenvalue weighted by Gasteiger charge is -2.10. The van der Waals surface area contributed by atoms with Gasteiger partial charge in [0.1, 0.15) is 0 Å². The Hall–Kier alpha value is -2.87. The van der Waals surface area contributed by atoms with Crippen LogP contribution in [-0.4, -0.2) is 34.4 Å². The van der Waals surface area contributed by atoms with Crippen molar-refractivity contribution in [2.45, 2.75) is 19.8 Å². The average Bonchev–Trinajstić information content (AvgIpc) is 3.23. The number of amides is 1. The summed E-state index contributed by atoms with van der Waals surface area (Å²) in [6.07, 6.45) is 3.68. The molecular formula is C19H20N4O3S. The number of methoxy groups -OCH3 is 1. The van der Waals surface area contributed by atoms with Crippen LogP contribution in [0.4, 0.5) is 5.13 Å². The van der Waals surface area contributed by atoms with Crippen molar-refractivity contribution in [2.24, 2.45) is 7.05 Å². The van der Waals surface area contributed by atoms with Gasteiger partial charge in [0.2, 0.25) is 0 Å². The standard InChI is InChI=1S/C19H20N4O3S/c1-11-4-6-14(15(8-11)25-3)26-10-17(24)21-19-22-18-12-9-20-23(2)13(12)5-7-16(18)27-19/h4,6,8-9H,5,7,10H2,1-3H3,(H,21,22,24). The van der Waals surface area contributed by atoms with Crippen LogP contribution < -0.4 is 14.8 Å². The number of hydrogen-bond acceptors (Lipinski definition) is 6. The predicted molar refractivity (Wildman–Crippen MR) is 104 cm³/mol. The van der Waals surface area contributed by atoms with E-state index in [-0.39, 0.29) is 12.5 Å². The molecule has 140 valence electrons. The normalized spacial score (nSPS) is 12.3. The summed E-state index contributed by atoms with van der Waals surface area (Å²) in [5.41, 5.74) is 4.22. The number of benzene rings is 1. The number of hydrogen-bond donors (Lipinski definition) is 1. The molecule has 4 rings (SSSR count). The zero-order chi connectivity index (χ0) is 19.0. The number of fused-ring (bicyclic) bond motifs is 3. The van der Waals surface area contributed by atoms with Crippen molar-refractivity contribution in [2.75, 3.05) is 19.0 Å². The molecule has 1 aliphatic rings. The Balaban J connectivity index is 1.44. The van der Waals surface area contributed by atoms with Crippen molar-refractivity contribution < 1.29 is 14.3 Å². The van der Waals surface area contributed by atoms with Crippen LogP contribution in [0.5, 0.6) is 11.5 Å². The van der Waals surface area contributed by atoms with Crippen LogP contribution in [0.15, 0.2) is 24.4 Å². The molecule has 0 fully saturated rings. The van der Waals surface area contributed by atoms with Gasteiger partial charge in [-0.05, 0) is 37.5 Å². The number of ether oxygens (including phenoxy) is 2. The highest BCUT2D eigenvalue weighted by molar-refractivity contribution is 7.16. The molecule has 7 nitrogen and oxygen atoms in total. The van der Waals surface area contributed by atoms with E-state index in [1.807, 2.05) is 37.0 Å². The highest BCUT2D eigenvalue weighted by Crippen LogP contribution is 2.37. The number of carbonyl (C=O) groups excluding carboxylic acids is 1. The number of aryl methyl sites for hydroxylation is 3. The smallest absolute Gasteiger partial charge is 0.264 e. The number of nitrogens with zero attached hydrogens (tertiary/aromatic N) is 3. The Kier molecular flexibility index (Phi) is 4.57. The Morgan fingerprint density at radius 3 is 3.00 bits per heavy atom. The third kappa shape index (κ3) is 3.40. The highest BCUT2D eigenvalue weighted by atomic mass is 32.1. The van der Waals surface area contributed by atoms with Crippen molar-refractivity contribution in [3.8, 4) is 22.8 Å². The SMILES string of the molecule is COc1cc(C)ccc1OCC(=O)Nc1nc2c(s1)CCc1c-2cnn1C. The lowest BCUT2D eigenvalue weighted by molar-refractivity contribution is -0.118. The van der Waals surface area contributed by atoms with Crippen LogP contribution in [0.3, 0.4) is 0 Å². The van der Waals surface area contributed by atoms with Gasteiger partial charge >= 0.3 is 0 Å². The maximum absolute atomic E-state index is 12.3. The molecule has 0 atom stereocenters. The van der Waals surface area contributed by atoms with Crippen LogP contribution in [0.2, 0.25) is 0 Å². The Labute approximate surface area is 161 Å². The van der Waals surface area contributed by atoms with Gasteiger partial charge in [-0.1, -0.05) is 6.07 Å². The van der Waals surface area contributed by atoms with Gasteiger partial charge in [0.25, 0.3) is 5.91 Å². The maximum Gasteiger partial charge on any atom is 0.264 e. The van der Waals surface area contributed by atoms with Crippen LogP contribution >= 0.6 is 11.3 Å². The zero-order valence-electron chi connectivity index (χ0n) is 15.4. The Morgan fingerprint density at radius 1 is 1.33 bits per heavy atom. The number of carbonyl (C=O) groups is 1. The van der Waals surface area contributed by atoms with E-state index in [0.717, 1.165) is 29.7 Å². The second-order valence-corrected chi connectivity index (χ2v) is 7.49. The summed E-state index contributed by atoms with van der Waals surface area (Å²) in [4.78, 5) is 18.1. The first kappa shape index (κ1) is 17.5. The fourth-order valence-corrected chi connectivity index (χ4v) is 4.16. The number of rotatable bonds is 5. The van der Waals surface area contributed by atoms with Gasteiger partial charge in [-0.15, -0.1) is 11.3 Å². The van der Waals surface area contributed by atoms with E-state index in [1.54, 1.807) is 13.2 Å². The van der Waals surface area contributed by atoms with E-state index in [1.165, 1.54) is 21.9 Å². The number of aromatic nitrogens is 3. The van der Waals surface area contributed by atoms with Crippen molar-refractivity contribution in [1.82, 2.24) is 14.8 Å². The number of nitrogens with one attached hydrogen (secondary N) is 1. The van der Waals surface area contributed by atoms with Crippen molar-refractivity contribution in [3.05, 3.63) is 40.5 Å². The highest BCUT2D eigenvalue weighted by Gasteiger charge is 2.24. The quantitative estimate of drug-likeness (QED) is 0.732. The minimum Gasteiger partial charge on any atom is -0.493 e. The Morgan fingerprint density at radius 2 is 2.19 bits per heavy atom. The molecule has 2 heterocycles. The van der Waals surface area contributed by atoms with Gasteiger partial charge < -0.3 is 9.47 Å². The Bertz CT molecular complexity index is 1010. The van der Waals surface area contributed by atoms with Crippen LogP contribution in [0, 0.1) is 6.92 Å². The van der Waals surface area contributed by atoms with E-state index in [9.17, 15) is 4.79 Å². The summed E-state index contributed by atoms with van der Waals surface area (Å²) >= 11 is 1.51. The number of anilines is 1. The molecule has 1 aromatic carbocycles. The first-order chi connectivity index (χ1) is 13.0. The first-order valence-electron chi connectivity index (χ1n) is 8.63. The second-order valence-electron chi connectivity index (χ2n) is 6.41. The molecule has 1 amide bonds. The van der Waals surface area contributed by atoms with Gasteiger partial charge in [0, 0.05) is 23.2 Å². The van der Waals surface area contributed by atoms with Gasteiger partial charge in [-0.25, -0.2) is 4.98 Å². The molecular weight excluding hydrogens is 364 g/mol. The van der Waals surface area contributed by atoms with Crippen LogP contribution in [0.1, 0.15) is 16.1 Å². The fourth-order valence-electron chi connectivity index (χ4n) is 3.17. The molecule has 27 heavy (non-hydrogen) atoms. The first-order valence-corrected chi connectivity index (χ1v) is 9.45. The molecule has 0 saturated heterocycles. The van der Waals surface area contributed by atoms with Gasteiger partial charge in [-0.2, -0.15) is 5.10 Å². The summed E-state index contributed by atoms with van der Waals surface area (Å²) in [6.45, 7) is 1.86. The zero-order valence-corrected chi connectivity index (χ0v) is 16.2. The third-order valence-electron chi connectivity index (χ3n) is 4.53. The molecule has 0 spiro atoms. The van der Waals surface area contributed by atoms with E-state index < -0.39 is 0 Å². The lowest BCUT2D eigenvalue weighted by Crippen LogP contribution is -2.20. The minimum absolute atomic E-state index is 0.109. The van der Waals surface area contributed by atoms with Gasteiger partial charge in [0.05, 0.1) is 19.0 Å². The van der Waals surface area contributed by atoms with Crippen molar-refractivity contribution in [1.29, 1.82) is 0 Å². The van der Waals surface area contributed by atoms with Crippen molar-refractivity contribution >= 4 is 22.4 Å². The largest absolute Gasteiger partial charge is 0.493 e.